The highest BCUT2D eigenvalue weighted by molar-refractivity contribution is 9.13. The Morgan fingerprint density at radius 3 is 2.07 bits per heavy atom. The molecule has 1 N–H and O–H groups in total. The molecule has 0 aromatic carbocycles. The third kappa shape index (κ3) is 3.94. The standard InChI is InChI=1S/C6H5Br2NO.C3H8O/c1-3-5(7)6(8)4(2-10)9-3;1-3-4-2/h2,9H,1H3;3H2,1-2H3. The molecule has 0 aliphatic heterocycles. The van der Waals surface area contributed by atoms with E-state index in [1.165, 1.54) is 0 Å². The van der Waals surface area contributed by atoms with Gasteiger partial charge in [-0.2, -0.15) is 0 Å². The summed E-state index contributed by atoms with van der Waals surface area (Å²) < 4.78 is 6.24. The van der Waals surface area contributed by atoms with Crippen molar-refractivity contribution in [3.63, 3.8) is 0 Å². The summed E-state index contributed by atoms with van der Waals surface area (Å²) in [7, 11) is 1.68. The van der Waals surface area contributed by atoms with Gasteiger partial charge in [0.05, 0.1) is 14.6 Å². The highest BCUT2D eigenvalue weighted by atomic mass is 79.9. The summed E-state index contributed by atoms with van der Waals surface area (Å²) in [5, 5.41) is 0. The first kappa shape index (κ1) is 13.9. The van der Waals surface area contributed by atoms with Gasteiger partial charge in [0.25, 0.3) is 0 Å². The number of halogens is 2. The minimum Gasteiger partial charge on any atom is -0.385 e. The first-order valence-corrected chi connectivity index (χ1v) is 5.64. The Bertz CT molecular complexity index is 295. The molecule has 1 heterocycles. The Kier molecular flexibility index (Phi) is 7.13. The number of ether oxygens (including phenoxy) is 1. The molecule has 80 valence electrons. The van der Waals surface area contributed by atoms with Gasteiger partial charge in [-0.15, -0.1) is 0 Å². The quantitative estimate of drug-likeness (QED) is 0.847. The van der Waals surface area contributed by atoms with Crippen LogP contribution in [-0.4, -0.2) is 25.0 Å². The summed E-state index contributed by atoms with van der Waals surface area (Å²) in [4.78, 5) is 13.2. The van der Waals surface area contributed by atoms with E-state index in [1.807, 2.05) is 13.8 Å². The number of carbonyl (C=O) groups excluding carboxylic acids is 1. The molecule has 0 radical (unpaired) electrons. The van der Waals surface area contributed by atoms with E-state index >= 15 is 0 Å². The first-order valence-electron chi connectivity index (χ1n) is 4.06. The lowest BCUT2D eigenvalue weighted by Crippen LogP contribution is -1.78. The monoisotopic (exact) mass is 325 g/mol. The van der Waals surface area contributed by atoms with Crippen LogP contribution in [0, 0.1) is 6.92 Å². The Hall–Kier alpha value is -0.130. The lowest BCUT2D eigenvalue weighted by Gasteiger charge is -1.83. The van der Waals surface area contributed by atoms with Crippen LogP contribution in [0.2, 0.25) is 0 Å². The van der Waals surface area contributed by atoms with Crippen LogP contribution < -0.4 is 0 Å². The van der Waals surface area contributed by atoms with Crippen molar-refractivity contribution in [2.45, 2.75) is 13.8 Å². The molecule has 0 bridgehead atoms. The normalized spacial score (nSPS) is 9.21. The van der Waals surface area contributed by atoms with Gasteiger partial charge >= 0.3 is 0 Å². The van der Waals surface area contributed by atoms with Crippen molar-refractivity contribution >= 4 is 38.1 Å². The highest BCUT2D eigenvalue weighted by Gasteiger charge is 2.08. The molecule has 0 atom stereocenters. The van der Waals surface area contributed by atoms with Crippen molar-refractivity contribution in [3.05, 3.63) is 20.3 Å². The number of rotatable bonds is 2. The molecule has 0 unspecified atom stereocenters. The summed E-state index contributed by atoms with van der Waals surface area (Å²) in [5.74, 6) is 0. The van der Waals surface area contributed by atoms with Gasteiger partial charge in [-0.3, -0.25) is 4.79 Å². The summed E-state index contributed by atoms with van der Waals surface area (Å²) in [6.07, 6.45) is 0.780. The van der Waals surface area contributed by atoms with Gasteiger partial charge in [0.15, 0.2) is 6.29 Å². The second kappa shape index (κ2) is 7.20. The van der Waals surface area contributed by atoms with Crippen molar-refractivity contribution in [2.24, 2.45) is 0 Å². The lowest BCUT2D eigenvalue weighted by atomic mass is 10.4. The molecular weight excluding hydrogens is 314 g/mol. The number of aromatic amines is 1. The fourth-order valence-corrected chi connectivity index (χ4v) is 1.48. The molecule has 0 spiro atoms. The predicted octanol–water partition coefficient (Wildman–Crippen LogP) is 3.31. The maximum absolute atomic E-state index is 10.3. The average Bonchev–Trinajstić information content (AvgIpc) is 2.46. The van der Waals surface area contributed by atoms with E-state index in [4.69, 9.17) is 0 Å². The number of carbonyl (C=O) groups is 1. The van der Waals surface area contributed by atoms with Gasteiger partial charge in [-0.25, -0.2) is 0 Å². The molecule has 14 heavy (non-hydrogen) atoms. The maximum Gasteiger partial charge on any atom is 0.167 e. The van der Waals surface area contributed by atoms with E-state index in [0.717, 1.165) is 27.5 Å². The molecule has 1 rings (SSSR count). The molecule has 3 nitrogen and oxygen atoms in total. The van der Waals surface area contributed by atoms with Gasteiger partial charge in [-0.05, 0) is 45.7 Å². The van der Waals surface area contributed by atoms with Crippen LogP contribution >= 0.6 is 31.9 Å². The van der Waals surface area contributed by atoms with Crippen LogP contribution in [0.15, 0.2) is 8.95 Å². The minimum absolute atomic E-state index is 0.573. The zero-order valence-corrected chi connectivity index (χ0v) is 11.5. The SMILES string of the molecule is CCOC.Cc1[nH]c(C=O)c(Br)c1Br. The largest absolute Gasteiger partial charge is 0.385 e. The first-order chi connectivity index (χ1) is 6.58. The number of nitrogens with one attached hydrogen (secondary N) is 1. The molecule has 1 aromatic rings. The smallest absolute Gasteiger partial charge is 0.167 e. The fourth-order valence-electron chi connectivity index (χ4n) is 0.676. The number of aromatic nitrogens is 1. The van der Waals surface area contributed by atoms with E-state index in [2.05, 4.69) is 41.6 Å². The van der Waals surface area contributed by atoms with Crippen molar-refractivity contribution in [1.82, 2.24) is 4.98 Å². The minimum atomic E-state index is 0.573. The second-order valence-corrected chi connectivity index (χ2v) is 4.07. The molecule has 0 saturated carbocycles. The Morgan fingerprint density at radius 2 is 1.93 bits per heavy atom. The number of hydrogen-bond acceptors (Lipinski definition) is 2. The Labute approximate surface area is 100 Å². The number of aryl methyl sites for hydroxylation is 1. The molecule has 5 heteroatoms. The zero-order chi connectivity index (χ0) is 11.1. The van der Waals surface area contributed by atoms with E-state index in [1.54, 1.807) is 7.11 Å². The molecule has 0 aliphatic carbocycles. The Balaban J connectivity index is 0.000000364. The van der Waals surface area contributed by atoms with Gasteiger partial charge < -0.3 is 9.72 Å². The second-order valence-electron chi connectivity index (χ2n) is 2.49. The molecule has 0 amide bonds. The van der Waals surface area contributed by atoms with Crippen LogP contribution in [0.3, 0.4) is 0 Å². The zero-order valence-electron chi connectivity index (χ0n) is 8.36. The summed E-state index contributed by atoms with van der Waals surface area (Å²) in [6.45, 7) is 4.67. The van der Waals surface area contributed by atoms with E-state index < -0.39 is 0 Å². The van der Waals surface area contributed by atoms with Crippen LogP contribution in [0.5, 0.6) is 0 Å². The molecule has 1 aromatic heterocycles. The van der Waals surface area contributed by atoms with Crippen LogP contribution in [0.4, 0.5) is 0 Å². The Morgan fingerprint density at radius 1 is 1.43 bits per heavy atom. The lowest BCUT2D eigenvalue weighted by molar-refractivity contribution is 0.111. The van der Waals surface area contributed by atoms with Crippen molar-refractivity contribution in [2.75, 3.05) is 13.7 Å². The molecule has 0 saturated heterocycles. The van der Waals surface area contributed by atoms with E-state index in [0.29, 0.717) is 5.69 Å². The van der Waals surface area contributed by atoms with Gasteiger partial charge in [0, 0.05) is 19.4 Å². The van der Waals surface area contributed by atoms with Gasteiger partial charge in [0.1, 0.15) is 0 Å². The molecule has 0 aliphatic rings. The van der Waals surface area contributed by atoms with Gasteiger partial charge in [0.2, 0.25) is 0 Å². The number of methoxy groups -OCH3 is 1. The van der Waals surface area contributed by atoms with Crippen LogP contribution in [-0.2, 0) is 4.74 Å². The number of aldehydes is 1. The van der Waals surface area contributed by atoms with Gasteiger partial charge in [-0.1, -0.05) is 0 Å². The third-order valence-corrected chi connectivity index (χ3v) is 3.83. The summed E-state index contributed by atoms with van der Waals surface area (Å²) in [6, 6.07) is 0. The van der Waals surface area contributed by atoms with Crippen molar-refractivity contribution < 1.29 is 9.53 Å². The average molecular weight is 327 g/mol. The fraction of sp³-hybridized carbons (Fsp3) is 0.444. The predicted molar refractivity (Wildman–Crippen MR) is 63.9 cm³/mol. The third-order valence-electron chi connectivity index (χ3n) is 1.49. The highest BCUT2D eigenvalue weighted by Crippen LogP contribution is 2.28. The van der Waals surface area contributed by atoms with Crippen molar-refractivity contribution in [3.8, 4) is 0 Å². The topological polar surface area (TPSA) is 42.1 Å². The number of hydrogen-bond donors (Lipinski definition) is 1. The van der Waals surface area contributed by atoms with Crippen molar-refractivity contribution in [1.29, 1.82) is 0 Å². The summed E-state index contributed by atoms with van der Waals surface area (Å²) in [5.41, 5.74) is 1.53. The van der Waals surface area contributed by atoms with Crippen LogP contribution in [0.1, 0.15) is 23.1 Å². The molecular formula is C9H13Br2NO2. The van der Waals surface area contributed by atoms with E-state index in [-0.39, 0.29) is 0 Å². The molecule has 0 fully saturated rings. The van der Waals surface area contributed by atoms with Crippen LogP contribution in [0.25, 0.3) is 0 Å². The summed E-state index contributed by atoms with van der Waals surface area (Å²) >= 11 is 6.56. The maximum atomic E-state index is 10.3. The van der Waals surface area contributed by atoms with E-state index in [9.17, 15) is 4.79 Å². The number of H-pyrrole nitrogens is 1.